The molecule has 5 nitrogen and oxygen atoms in total. The van der Waals surface area contributed by atoms with Crippen LogP contribution in [0.15, 0.2) is 42.0 Å². The molecule has 24 heavy (non-hydrogen) atoms. The van der Waals surface area contributed by atoms with Crippen LogP contribution >= 0.6 is 45.2 Å². The summed E-state index contributed by atoms with van der Waals surface area (Å²) < 4.78 is 6.69. The Morgan fingerprint density at radius 2 is 1.96 bits per heavy atom. The number of hydrogen-bond donors (Lipinski definition) is 2. The molecule has 0 atom stereocenters. The molecular weight excluding hydrogens is 534 g/mol. The van der Waals surface area contributed by atoms with Crippen molar-refractivity contribution in [2.45, 2.75) is 0 Å². The number of nitrogens with one attached hydrogen (secondary N) is 1. The van der Waals surface area contributed by atoms with Crippen LogP contribution in [0.5, 0.6) is 11.5 Å². The molecule has 122 valence electrons. The number of phenolic OH excluding ortho intramolecular Hbond substituents is 1. The Hall–Kier alpha value is -1.80. The summed E-state index contributed by atoms with van der Waals surface area (Å²) >= 11 is 4.12. The molecule has 0 spiro atoms. The van der Waals surface area contributed by atoms with Gasteiger partial charge in [-0.25, -0.2) is 0 Å². The van der Waals surface area contributed by atoms with Gasteiger partial charge >= 0.3 is 0 Å². The monoisotopic (exact) mass is 546 g/mol. The van der Waals surface area contributed by atoms with E-state index in [1.807, 2.05) is 40.8 Å². The number of amides is 1. The molecule has 0 aliphatic rings. The van der Waals surface area contributed by atoms with Gasteiger partial charge in [0.05, 0.1) is 10.7 Å². The second kappa shape index (κ2) is 8.34. The zero-order valence-corrected chi connectivity index (χ0v) is 16.8. The van der Waals surface area contributed by atoms with E-state index < -0.39 is 5.91 Å². The highest BCUT2D eigenvalue weighted by Gasteiger charge is 2.12. The molecule has 7 heteroatoms. The van der Waals surface area contributed by atoms with Gasteiger partial charge in [-0.1, -0.05) is 0 Å². The third-order valence-electron chi connectivity index (χ3n) is 3.05. The minimum Gasteiger partial charge on any atom is -0.504 e. The van der Waals surface area contributed by atoms with Crippen LogP contribution in [-0.2, 0) is 4.79 Å². The number of rotatable bonds is 4. The molecule has 0 fully saturated rings. The van der Waals surface area contributed by atoms with Crippen LogP contribution in [0.3, 0.4) is 0 Å². The Balaban J connectivity index is 2.29. The van der Waals surface area contributed by atoms with Gasteiger partial charge in [-0.15, -0.1) is 0 Å². The summed E-state index contributed by atoms with van der Waals surface area (Å²) in [5.74, 6) is -0.193. The van der Waals surface area contributed by atoms with Crippen molar-refractivity contribution in [1.29, 1.82) is 5.26 Å². The summed E-state index contributed by atoms with van der Waals surface area (Å²) in [7, 11) is 1.44. The number of benzene rings is 2. The molecule has 0 unspecified atom stereocenters. The SMILES string of the molecule is COc1cc(/C=C(/C#N)C(=O)Nc2ccc(I)cc2)cc(I)c1O. The molecule has 0 aliphatic carbocycles. The Bertz CT molecular complexity index is 840. The van der Waals surface area contributed by atoms with Crippen LogP contribution in [0.2, 0.25) is 0 Å². The first-order chi connectivity index (χ1) is 11.4. The molecule has 0 aromatic heterocycles. The Labute approximate surface area is 166 Å². The number of phenols is 1. The molecule has 0 bridgehead atoms. The molecule has 0 radical (unpaired) electrons. The van der Waals surface area contributed by atoms with E-state index in [1.54, 1.807) is 24.3 Å². The molecule has 0 aliphatic heterocycles. The lowest BCUT2D eigenvalue weighted by Gasteiger charge is -2.08. The minimum atomic E-state index is -0.499. The van der Waals surface area contributed by atoms with E-state index in [-0.39, 0.29) is 17.1 Å². The normalized spacial score (nSPS) is 10.8. The number of aromatic hydroxyl groups is 1. The molecule has 0 saturated heterocycles. The lowest BCUT2D eigenvalue weighted by atomic mass is 10.1. The van der Waals surface area contributed by atoms with E-state index in [9.17, 15) is 15.2 Å². The number of anilines is 1. The molecule has 2 rings (SSSR count). The number of hydrogen-bond acceptors (Lipinski definition) is 4. The standard InChI is InChI=1S/C17H12I2N2O3/c1-24-15-8-10(7-14(19)16(15)22)6-11(9-20)17(23)21-13-4-2-12(18)3-5-13/h2-8,22H,1H3,(H,21,23)/b11-6-. The highest BCUT2D eigenvalue weighted by Crippen LogP contribution is 2.33. The third-order valence-corrected chi connectivity index (χ3v) is 4.59. The largest absolute Gasteiger partial charge is 0.504 e. The first-order valence-corrected chi connectivity index (χ1v) is 8.85. The molecule has 0 heterocycles. The van der Waals surface area contributed by atoms with Crippen LogP contribution < -0.4 is 10.1 Å². The summed E-state index contributed by atoms with van der Waals surface area (Å²) in [6.07, 6.45) is 1.45. The van der Waals surface area contributed by atoms with E-state index in [4.69, 9.17) is 4.74 Å². The van der Waals surface area contributed by atoms with Crippen LogP contribution in [0.4, 0.5) is 5.69 Å². The van der Waals surface area contributed by atoms with Gasteiger partial charge in [-0.05, 0) is 93.2 Å². The average Bonchev–Trinajstić information content (AvgIpc) is 2.57. The van der Waals surface area contributed by atoms with Crippen molar-refractivity contribution in [3.05, 3.63) is 54.7 Å². The van der Waals surface area contributed by atoms with Crippen LogP contribution in [0.25, 0.3) is 6.08 Å². The first-order valence-electron chi connectivity index (χ1n) is 6.70. The zero-order chi connectivity index (χ0) is 17.7. The maximum atomic E-state index is 12.3. The number of ether oxygens (including phenoxy) is 1. The minimum absolute atomic E-state index is 0.0251. The lowest BCUT2D eigenvalue weighted by Crippen LogP contribution is -2.13. The van der Waals surface area contributed by atoms with Crippen molar-refractivity contribution in [2.75, 3.05) is 12.4 Å². The summed E-state index contributed by atoms with van der Waals surface area (Å²) in [6, 6.07) is 12.4. The number of nitrogens with zero attached hydrogens (tertiary/aromatic N) is 1. The maximum absolute atomic E-state index is 12.3. The van der Waals surface area contributed by atoms with Crippen LogP contribution in [0.1, 0.15) is 5.56 Å². The zero-order valence-electron chi connectivity index (χ0n) is 12.5. The Kier molecular flexibility index (Phi) is 6.44. The highest BCUT2D eigenvalue weighted by atomic mass is 127. The van der Waals surface area contributed by atoms with Gasteiger partial charge in [0.25, 0.3) is 5.91 Å². The van der Waals surface area contributed by atoms with Crippen molar-refractivity contribution in [3.63, 3.8) is 0 Å². The van der Waals surface area contributed by atoms with Gasteiger partial charge in [0.2, 0.25) is 0 Å². The van der Waals surface area contributed by atoms with Gasteiger partial charge in [0, 0.05) is 9.26 Å². The second-order valence-electron chi connectivity index (χ2n) is 4.68. The second-order valence-corrected chi connectivity index (χ2v) is 7.09. The van der Waals surface area contributed by atoms with Gasteiger partial charge < -0.3 is 15.2 Å². The average molecular weight is 546 g/mol. The molecular formula is C17H12I2N2O3. The molecule has 2 aromatic rings. The Morgan fingerprint density at radius 1 is 1.29 bits per heavy atom. The maximum Gasteiger partial charge on any atom is 0.266 e. The predicted octanol–water partition coefficient (Wildman–Crippen LogP) is 4.16. The quantitative estimate of drug-likeness (QED) is 0.343. The van der Waals surface area contributed by atoms with E-state index in [1.165, 1.54) is 13.2 Å². The number of carbonyl (C=O) groups is 1. The van der Waals surface area contributed by atoms with Crippen molar-refractivity contribution < 1.29 is 14.6 Å². The van der Waals surface area contributed by atoms with E-state index in [2.05, 4.69) is 27.9 Å². The molecule has 0 saturated carbocycles. The summed E-state index contributed by atoms with van der Waals surface area (Å²) in [5.41, 5.74) is 1.15. The van der Waals surface area contributed by atoms with Gasteiger partial charge in [0.1, 0.15) is 11.6 Å². The molecule has 2 N–H and O–H groups in total. The van der Waals surface area contributed by atoms with Crippen LogP contribution in [0, 0.1) is 18.5 Å². The van der Waals surface area contributed by atoms with E-state index >= 15 is 0 Å². The topological polar surface area (TPSA) is 82.3 Å². The smallest absolute Gasteiger partial charge is 0.266 e. The fourth-order valence-electron chi connectivity index (χ4n) is 1.88. The molecule has 2 aromatic carbocycles. The summed E-state index contributed by atoms with van der Waals surface area (Å²) in [6.45, 7) is 0. The summed E-state index contributed by atoms with van der Waals surface area (Å²) in [4.78, 5) is 12.3. The van der Waals surface area contributed by atoms with E-state index in [0.717, 1.165) is 3.57 Å². The van der Waals surface area contributed by atoms with Crippen molar-refractivity contribution >= 4 is 62.9 Å². The predicted molar refractivity (Wildman–Crippen MR) is 109 cm³/mol. The first kappa shape index (κ1) is 18.5. The Morgan fingerprint density at radius 3 is 2.54 bits per heavy atom. The van der Waals surface area contributed by atoms with E-state index in [0.29, 0.717) is 14.8 Å². The lowest BCUT2D eigenvalue weighted by molar-refractivity contribution is -0.112. The fourth-order valence-corrected chi connectivity index (χ4v) is 2.86. The van der Waals surface area contributed by atoms with Crippen molar-refractivity contribution in [1.82, 2.24) is 0 Å². The summed E-state index contributed by atoms with van der Waals surface area (Å²) in [5, 5.41) is 21.8. The van der Waals surface area contributed by atoms with Gasteiger partial charge in [-0.2, -0.15) is 5.26 Å². The fraction of sp³-hybridized carbons (Fsp3) is 0.0588. The van der Waals surface area contributed by atoms with Gasteiger partial charge in [-0.3, -0.25) is 4.79 Å². The highest BCUT2D eigenvalue weighted by molar-refractivity contribution is 14.1. The number of halogens is 2. The number of nitriles is 1. The third kappa shape index (κ3) is 4.61. The molecule has 1 amide bonds. The van der Waals surface area contributed by atoms with Gasteiger partial charge in [0.15, 0.2) is 11.5 Å². The van der Waals surface area contributed by atoms with Crippen LogP contribution in [-0.4, -0.2) is 18.1 Å². The van der Waals surface area contributed by atoms with Crippen molar-refractivity contribution in [2.24, 2.45) is 0 Å². The van der Waals surface area contributed by atoms with Crippen molar-refractivity contribution in [3.8, 4) is 17.6 Å². The number of methoxy groups -OCH3 is 1. The number of carbonyl (C=O) groups excluding carboxylic acids is 1.